The first-order valence-electron chi connectivity index (χ1n) is 6.78. The van der Waals surface area contributed by atoms with Crippen LogP contribution in [0.2, 0.25) is 0 Å². The summed E-state index contributed by atoms with van der Waals surface area (Å²) >= 11 is 0. The van der Waals surface area contributed by atoms with Gasteiger partial charge in [-0.2, -0.15) is 0 Å². The molecule has 1 aromatic carbocycles. The standard InChI is InChI=1S/C16H27NO/c1-7-15(18)13-10-8-9-11-14(13)17(6)12(2)16(3,4)5/h8-12,15,18H,7H2,1-6H3/t12?,15-/m1/s1. The van der Waals surface area contributed by atoms with Gasteiger partial charge in [-0.05, 0) is 24.8 Å². The summed E-state index contributed by atoms with van der Waals surface area (Å²) in [6.07, 6.45) is 0.366. The van der Waals surface area contributed by atoms with Crippen LogP contribution < -0.4 is 4.90 Å². The molecule has 0 aliphatic carbocycles. The lowest BCUT2D eigenvalue weighted by Crippen LogP contribution is -2.39. The van der Waals surface area contributed by atoms with E-state index in [0.29, 0.717) is 6.04 Å². The van der Waals surface area contributed by atoms with E-state index < -0.39 is 0 Å². The van der Waals surface area contributed by atoms with E-state index in [1.807, 2.05) is 25.1 Å². The minimum Gasteiger partial charge on any atom is -0.388 e. The monoisotopic (exact) mass is 249 g/mol. The first-order valence-corrected chi connectivity index (χ1v) is 6.78. The number of hydrogen-bond donors (Lipinski definition) is 1. The van der Waals surface area contributed by atoms with Crippen molar-refractivity contribution < 1.29 is 5.11 Å². The van der Waals surface area contributed by atoms with Gasteiger partial charge in [0, 0.05) is 24.3 Å². The Kier molecular flexibility index (Phi) is 4.80. The molecule has 0 spiro atoms. The molecular formula is C16H27NO. The molecule has 1 N–H and O–H groups in total. The zero-order valence-corrected chi connectivity index (χ0v) is 12.6. The topological polar surface area (TPSA) is 23.5 Å². The summed E-state index contributed by atoms with van der Waals surface area (Å²) in [5.41, 5.74) is 2.37. The molecule has 0 saturated carbocycles. The average Bonchev–Trinajstić information content (AvgIpc) is 2.35. The smallest absolute Gasteiger partial charge is 0.0807 e. The maximum Gasteiger partial charge on any atom is 0.0807 e. The van der Waals surface area contributed by atoms with Crippen molar-refractivity contribution in [1.82, 2.24) is 0 Å². The molecule has 0 fully saturated rings. The highest BCUT2D eigenvalue weighted by molar-refractivity contribution is 5.55. The van der Waals surface area contributed by atoms with Crippen molar-refractivity contribution in [2.75, 3.05) is 11.9 Å². The van der Waals surface area contributed by atoms with Gasteiger partial charge in [0.15, 0.2) is 0 Å². The van der Waals surface area contributed by atoms with E-state index in [-0.39, 0.29) is 11.5 Å². The lowest BCUT2D eigenvalue weighted by molar-refractivity contribution is 0.173. The van der Waals surface area contributed by atoms with Crippen LogP contribution in [0.4, 0.5) is 5.69 Å². The average molecular weight is 249 g/mol. The third-order valence-corrected chi connectivity index (χ3v) is 3.90. The number of para-hydroxylation sites is 1. The minimum atomic E-state index is -0.379. The molecule has 0 aliphatic rings. The molecule has 18 heavy (non-hydrogen) atoms. The van der Waals surface area contributed by atoms with Crippen LogP contribution in [0.1, 0.15) is 52.7 Å². The van der Waals surface area contributed by atoms with Crippen molar-refractivity contribution in [1.29, 1.82) is 0 Å². The molecule has 2 heteroatoms. The van der Waals surface area contributed by atoms with Crippen LogP contribution >= 0.6 is 0 Å². The second kappa shape index (κ2) is 5.75. The molecule has 102 valence electrons. The Morgan fingerprint density at radius 2 is 1.78 bits per heavy atom. The Morgan fingerprint density at radius 1 is 1.22 bits per heavy atom. The first kappa shape index (κ1) is 15.0. The minimum absolute atomic E-state index is 0.207. The molecule has 0 aliphatic heterocycles. The number of anilines is 1. The van der Waals surface area contributed by atoms with E-state index in [1.54, 1.807) is 0 Å². The number of aliphatic hydroxyl groups excluding tert-OH is 1. The largest absolute Gasteiger partial charge is 0.388 e. The normalized spacial score (nSPS) is 15.3. The van der Waals surface area contributed by atoms with Crippen molar-refractivity contribution in [2.24, 2.45) is 5.41 Å². The SMILES string of the molecule is CC[C@@H](O)c1ccccc1N(C)C(C)C(C)(C)C. The third-order valence-electron chi connectivity index (χ3n) is 3.90. The summed E-state index contributed by atoms with van der Waals surface area (Å²) < 4.78 is 0. The summed E-state index contributed by atoms with van der Waals surface area (Å²) in [5.74, 6) is 0. The van der Waals surface area contributed by atoms with Gasteiger partial charge in [-0.3, -0.25) is 0 Å². The number of nitrogens with zero attached hydrogens (tertiary/aromatic N) is 1. The van der Waals surface area contributed by atoms with Crippen LogP contribution in [0.3, 0.4) is 0 Å². The fourth-order valence-electron chi connectivity index (χ4n) is 2.10. The fraction of sp³-hybridized carbons (Fsp3) is 0.625. The summed E-state index contributed by atoms with van der Waals surface area (Å²) in [5, 5.41) is 10.1. The molecule has 1 aromatic rings. The lowest BCUT2D eigenvalue weighted by atomic mass is 9.86. The van der Waals surface area contributed by atoms with Gasteiger partial charge in [0.2, 0.25) is 0 Å². The summed E-state index contributed by atoms with van der Waals surface area (Å²) in [4.78, 5) is 2.27. The predicted molar refractivity (Wildman–Crippen MR) is 79.0 cm³/mol. The van der Waals surface area contributed by atoms with E-state index in [4.69, 9.17) is 0 Å². The molecule has 0 saturated heterocycles. The van der Waals surface area contributed by atoms with Crippen molar-refractivity contribution in [3.05, 3.63) is 29.8 Å². The molecule has 1 unspecified atom stereocenters. The molecule has 0 radical (unpaired) electrons. The van der Waals surface area contributed by atoms with Gasteiger partial charge in [0.1, 0.15) is 0 Å². The molecule has 1 rings (SSSR count). The Bertz CT molecular complexity index is 381. The number of rotatable bonds is 4. The summed E-state index contributed by atoms with van der Waals surface area (Å²) in [7, 11) is 2.11. The van der Waals surface area contributed by atoms with Gasteiger partial charge < -0.3 is 10.0 Å². The maximum atomic E-state index is 10.1. The highest BCUT2D eigenvalue weighted by Gasteiger charge is 2.26. The molecular weight excluding hydrogens is 222 g/mol. The molecule has 2 atom stereocenters. The first-order chi connectivity index (χ1) is 8.29. The molecule has 0 amide bonds. The molecule has 0 heterocycles. The molecule has 0 aromatic heterocycles. The van der Waals surface area contributed by atoms with Crippen LogP contribution in [-0.4, -0.2) is 18.2 Å². The van der Waals surface area contributed by atoms with Crippen LogP contribution in [0, 0.1) is 5.41 Å². The number of aliphatic hydroxyl groups is 1. The van der Waals surface area contributed by atoms with Crippen molar-refractivity contribution >= 4 is 5.69 Å². The van der Waals surface area contributed by atoms with Gasteiger partial charge in [0.25, 0.3) is 0 Å². The maximum absolute atomic E-state index is 10.1. The van der Waals surface area contributed by atoms with E-state index in [2.05, 4.69) is 45.7 Å². The molecule has 0 bridgehead atoms. The van der Waals surface area contributed by atoms with Crippen LogP contribution in [0.15, 0.2) is 24.3 Å². The van der Waals surface area contributed by atoms with E-state index in [9.17, 15) is 5.11 Å². The Hall–Kier alpha value is -1.02. The van der Waals surface area contributed by atoms with Gasteiger partial charge in [-0.1, -0.05) is 45.9 Å². The molecule has 2 nitrogen and oxygen atoms in total. The van der Waals surface area contributed by atoms with E-state index >= 15 is 0 Å². The highest BCUT2D eigenvalue weighted by atomic mass is 16.3. The van der Waals surface area contributed by atoms with Crippen LogP contribution in [0.5, 0.6) is 0 Å². The van der Waals surface area contributed by atoms with Gasteiger partial charge in [0.05, 0.1) is 6.10 Å². The summed E-state index contributed by atoms with van der Waals surface area (Å²) in [6, 6.07) is 8.55. The van der Waals surface area contributed by atoms with Gasteiger partial charge in [-0.15, -0.1) is 0 Å². The second-order valence-electron chi connectivity index (χ2n) is 6.14. The van der Waals surface area contributed by atoms with E-state index in [0.717, 1.165) is 17.7 Å². The lowest BCUT2D eigenvalue weighted by Gasteiger charge is -2.38. The Balaban J connectivity index is 3.09. The van der Waals surface area contributed by atoms with Crippen LogP contribution in [0.25, 0.3) is 0 Å². The van der Waals surface area contributed by atoms with Gasteiger partial charge in [-0.25, -0.2) is 0 Å². The second-order valence-corrected chi connectivity index (χ2v) is 6.14. The predicted octanol–water partition coefficient (Wildman–Crippen LogP) is 4.00. The Morgan fingerprint density at radius 3 is 2.28 bits per heavy atom. The fourth-order valence-corrected chi connectivity index (χ4v) is 2.10. The van der Waals surface area contributed by atoms with E-state index in [1.165, 1.54) is 0 Å². The highest BCUT2D eigenvalue weighted by Crippen LogP contribution is 2.32. The zero-order chi connectivity index (χ0) is 13.9. The van der Waals surface area contributed by atoms with Crippen molar-refractivity contribution in [3.63, 3.8) is 0 Å². The number of hydrogen-bond acceptors (Lipinski definition) is 2. The van der Waals surface area contributed by atoms with Crippen molar-refractivity contribution in [3.8, 4) is 0 Å². The quantitative estimate of drug-likeness (QED) is 0.872. The third kappa shape index (κ3) is 3.26. The van der Waals surface area contributed by atoms with Crippen LogP contribution in [-0.2, 0) is 0 Å². The van der Waals surface area contributed by atoms with Crippen molar-refractivity contribution in [2.45, 2.75) is 53.2 Å². The number of benzene rings is 1. The Labute approximate surface area is 112 Å². The summed E-state index contributed by atoms with van der Waals surface area (Å²) in [6.45, 7) is 11.0. The zero-order valence-electron chi connectivity index (χ0n) is 12.6. The van der Waals surface area contributed by atoms with Gasteiger partial charge >= 0.3 is 0 Å².